The fourth-order valence-corrected chi connectivity index (χ4v) is 0. The maximum atomic E-state index is 2.25. The summed E-state index contributed by atoms with van der Waals surface area (Å²) in [6, 6.07) is 0. The molecule has 0 spiro atoms. The van der Waals surface area contributed by atoms with Crippen molar-refractivity contribution in [1.82, 2.24) is 0 Å². The first-order chi connectivity index (χ1) is 2.00. The van der Waals surface area contributed by atoms with Gasteiger partial charge in [-0.25, -0.2) is 0 Å². The summed E-state index contributed by atoms with van der Waals surface area (Å²) in [5, 5.41) is 0. The molecule has 2 heteroatoms. The summed E-state index contributed by atoms with van der Waals surface area (Å²) in [7, 11) is 0. The molecule has 0 rings (SSSR count). The maximum absolute atomic E-state index is 2.25. The van der Waals surface area contributed by atoms with Gasteiger partial charge < -0.3 is 1.43 Å². The Morgan fingerprint density at radius 3 is 1.33 bits per heavy atom. The van der Waals surface area contributed by atoms with Crippen LogP contribution in [0.3, 0.4) is 0 Å². The first-order valence-corrected chi connectivity index (χ1v) is 3.00. The second-order valence-corrected chi connectivity index (χ2v) is 6.00. The molecule has 0 bridgehead atoms. The molecule has 0 saturated heterocycles. The third-order valence-electron chi connectivity index (χ3n) is 0. The molecule has 0 fully saturated rings. The largest absolute Gasteiger partial charge is 1.00 e. The zero-order valence-corrected chi connectivity index (χ0v) is 7.50. The fraction of sp³-hybridized carbons (Fsp3) is 1.00. The predicted octanol–water partition coefficient (Wildman–Crippen LogP) is -2.05. The van der Waals surface area contributed by atoms with E-state index in [0.29, 0.717) is 4.28 Å². The zero-order valence-electron chi connectivity index (χ0n) is 6.50. The number of hydrogen-bond donors (Lipinski definition) is 0. The van der Waals surface area contributed by atoms with Crippen molar-refractivity contribution in [1.29, 1.82) is 0 Å². The van der Waals surface area contributed by atoms with E-state index in [1.165, 1.54) is 16.3 Å². The van der Waals surface area contributed by atoms with Gasteiger partial charge in [0.15, 0.2) is 0 Å². The summed E-state index contributed by atoms with van der Waals surface area (Å²) in [6.07, 6.45) is 0. The molecule has 0 aromatic rings. The van der Waals surface area contributed by atoms with Crippen molar-refractivity contribution < 1.29 is 20.3 Å². The van der Waals surface area contributed by atoms with Crippen LogP contribution in [-0.4, -0.2) is 16.3 Å². The Balaban J connectivity index is -0.0000000800. The summed E-state index contributed by atoms with van der Waals surface area (Å²) in [6.45, 7) is 6.75. The van der Waals surface area contributed by atoms with Crippen molar-refractivity contribution in [3.8, 4) is 0 Å². The molecule has 0 radical (unpaired) electrons. The third-order valence-corrected chi connectivity index (χ3v) is 0. The third kappa shape index (κ3) is 68.5. The molecular weight excluding hydrogens is 82.0 g/mol. The van der Waals surface area contributed by atoms with E-state index in [2.05, 4.69) is 20.8 Å². The second kappa shape index (κ2) is 3.17. The molecule has 6 heavy (non-hydrogen) atoms. The quantitative estimate of drug-likeness (QED) is 0.303. The fourth-order valence-electron chi connectivity index (χ4n) is 0. The van der Waals surface area contributed by atoms with Crippen LogP contribution >= 0.6 is 0 Å². The van der Waals surface area contributed by atoms with Gasteiger partial charge in [-0.3, -0.25) is 0 Å². The van der Waals surface area contributed by atoms with Gasteiger partial charge in [0.25, 0.3) is 0 Å². The average Bonchev–Trinajstić information content (AvgIpc) is 0.722. The zero-order chi connectivity index (χ0) is 4.50. The van der Waals surface area contributed by atoms with Crippen molar-refractivity contribution in [2.75, 3.05) is 0 Å². The molecule has 0 saturated carbocycles. The van der Waals surface area contributed by atoms with Gasteiger partial charge in [-0.05, 0) is 0 Å². The monoisotopic (exact) mass is 94.1 g/mol. The van der Waals surface area contributed by atoms with Gasteiger partial charge in [0, 0.05) is 0 Å². The van der Waals surface area contributed by atoms with Gasteiger partial charge >= 0.3 is 18.9 Å². The Morgan fingerprint density at radius 2 is 1.33 bits per heavy atom. The molecule has 0 aromatic heterocycles. The Kier molecular flexibility index (Phi) is 5.38. The molecule has 0 atom stereocenters. The van der Waals surface area contributed by atoms with Crippen LogP contribution in [0, 0.1) is 0 Å². The van der Waals surface area contributed by atoms with Gasteiger partial charge in [-0.1, -0.05) is 25.0 Å². The molecule has 0 N–H and O–H groups in total. The van der Waals surface area contributed by atoms with E-state index >= 15 is 0 Å². The van der Waals surface area contributed by atoms with E-state index in [4.69, 9.17) is 0 Å². The van der Waals surface area contributed by atoms with Crippen molar-refractivity contribution in [2.24, 2.45) is 0 Å². The van der Waals surface area contributed by atoms with E-state index < -0.39 is 0 Å². The Hall–Kier alpha value is 1.13. The molecular formula is C4H12AlLi. The molecule has 0 amide bonds. The normalized spacial score (nSPS) is 9.83. The van der Waals surface area contributed by atoms with E-state index in [1.807, 2.05) is 0 Å². The molecule has 0 heterocycles. The Labute approximate surface area is 61.8 Å². The van der Waals surface area contributed by atoms with Gasteiger partial charge in [0.2, 0.25) is 16.3 Å². The van der Waals surface area contributed by atoms with E-state index in [9.17, 15) is 0 Å². The minimum Gasteiger partial charge on any atom is -1.00 e. The van der Waals surface area contributed by atoms with E-state index in [0.717, 1.165) is 0 Å². The van der Waals surface area contributed by atoms with Crippen LogP contribution in [0.1, 0.15) is 22.2 Å². The van der Waals surface area contributed by atoms with Crippen molar-refractivity contribution >= 4 is 16.3 Å². The second-order valence-electron chi connectivity index (χ2n) is 3.00. The maximum Gasteiger partial charge on any atom is 1.00 e. The molecule has 32 valence electrons. The Bertz CT molecular complexity index is 27.2. The SMILES string of the molecule is C[C](C)(C)[AlH2].[H-].[Li+]. The Morgan fingerprint density at radius 1 is 1.33 bits per heavy atom. The standard InChI is InChI=1S/C4H9.Al.Li.3H/c1-4(2)3;;;;;/h1-3H3;;;;;/q;;+1;;;-1. The predicted molar refractivity (Wildman–Crippen MR) is 29.4 cm³/mol. The topological polar surface area (TPSA) is 0 Å². The molecule has 0 aliphatic carbocycles. The van der Waals surface area contributed by atoms with Crippen LogP contribution in [0.15, 0.2) is 0 Å². The average molecular weight is 94.1 g/mol. The summed E-state index contributed by atoms with van der Waals surface area (Å²) in [4.78, 5) is 0. The number of hydrogen-bond acceptors (Lipinski definition) is 0. The van der Waals surface area contributed by atoms with Crippen molar-refractivity contribution in [3.63, 3.8) is 0 Å². The molecule has 0 nitrogen and oxygen atoms in total. The minimum atomic E-state index is 0. The molecule has 0 aliphatic heterocycles. The van der Waals surface area contributed by atoms with Crippen LogP contribution in [0.25, 0.3) is 0 Å². The van der Waals surface area contributed by atoms with E-state index in [1.54, 1.807) is 0 Å². The van der Waals surface area contributed by atoms with Gasteiger partial charge in [0.05, 0.1) is 0 Å². The summed E-state index contributed by atoms with van der Waals surface area (Å²) in [5.41, 5.74) is 0. The van der Waals surface area contributed by atoms with Crippen LogP contribution in [-0.2, 0) is 0 Å². The summed E-state index contributed by atoms with van der Waals surface area (Å²) in [5.74, 6) is 0. The van der Waals surface area contributed by atoms with Gasteiger partial charge in [0.1, 0.15) is 0 Å². The van der Waals surface area contributed by atoms with Gasteiger partial charge in [-0.2, -0.15) is 0 Å². The minimum absolute atomic E-state index is 0. The molecule has 0 aliphatic rings. The van der Waals surface area contributed by atoms with Crippen molar-refractivity contribution in [2.45, 2.75) is 25.0 Å². The van der Waals surface area contributed by atoms with Crippen molar-refractivity contribution in [3.05, 3.63) is 0 Å². The van der Waals surface area contributed by atoms with Crippen LogP contribution < -0.4 is 18.9 Å². The molecule has 0 unspecified atom stereocenters. The smallest absolute Gasteiger partial charge is 1.00 e. The molecule has 0 aromatic carbocycles. The van der Waals surface area contributed by atoms with Crippen LogP contribution in [0.5, 0.6) is 0 Å². The van der Waals surface area contributed by atoms with Crippen LogP contribution in [0.4, 0.5) is 0 Å². The first-order valence-electron chi connectivity index (χ1n) is 2.00. The van der Waals surface area contributed by atoms with Crippen LogP contribution in [0.2, 0.25) is 4.28 Å². The van der Waals surface area contributed by atoms with Gasteiger partial charge in [-0.15, -0.1) is 0 Å². The van der Waals surface area contributed by atoms with E-state index in [-0.39, 0.29) is 20.3 Å². The number of rotatable bonds is 0. The summed E-state index contributed by atoms with van der Waals surface area (Å²) < 4.78 is 0.639. The first kappa shape index (κ1) is 10.2. The summed E-state index contributed by atoms with van der Waals surface area (Å²) >= 11 is 1.31.